The Balaban J connectivity index is 1.47. The molecule has 5 heteroatoms. The molecule has 2 N–H and O–H groups in total. The number of benzene rings is 1. The first-order valence-electron chi connectivity index (χ1n) is 7.36. The fraction of sp³-hybridized carbons (Fsp3) is 0.438. The van der Waals surface area contributed by atoms with Crippen LogP contribution in [0.3, 0.4) is 0 Å². The van der Waals surface area contributed by atoms with Crippen molar-refractivity contribution in [2.45, 2.75) is 25.8 Å². The summed E-state index contributed by atoms with van der Waals surface area (Å²) >= 11 is 1.58. The van der Waals surface area contributed by atoms with Gasteiger partial charge in [-0.1, -0.05) is 12.1 Å². The first kappa shape index (κ1) is 14.5. The van der Waals surface area contributed by atoms with Gasteiger partial charge in [0, 0.05) is 17.6 Å². The van der Waals surface area contributed by atoms with Crippen LogP contribution in [-0.4, -0.2) is 23.0 Å². The molecule has 3 nitrogen and oxygen atoms in total. The summed E-state index contributed by atoms with van der Waals surface area (Å²) in [5.74, 6) is 0.552. The largest absolute Gasteiger partial charge is 0.375 e. The van der Waals surface area contributed by atoms with Gasteiger partial charge in [-0.3, -0.25) is 4.90 Å². The van der Waals surface area contributed by atoms with Crippen molar-refractivity contribution in [1.82, 2.24) is 9.88 Å². The molecule has 1 aliphatic rings. The number of nitrogens with two attached hydrogens (primary N) is 1. The van der Waals surface area contributed by atoms with Crippen molar-refractivity contribution in [2.75, 3.05) is 18.8 Å². The van der Waals surface area contributed by atoms with Crippen LogP contribution in [0.2, 0.25) is 0 Å². The number of nitrogens with zero attached hydrogens (tertiary/aromatic N) is 2. The normalized spacial score (nSPS) is 17.2. The van der Waals surface area contributed by atoms with Gasteiger partial charge in [-0.05, 0) is 56.0 Å². The molecule has 0 amide bonds. The van der Waals surface area contributed by atoms with Crippen molar-refractivity contribution in [3.05, 3.63) is 46.7 Å². The molecule has 0 aliphatic carbocycles. The van der Waals surface area contributed by atoms with Crippen molar-refractivity contribution < 1.29 is 4.39 Å². The monoisotopic (exact) mass is 305 g/mol. The highest BCUT2D eigenvalue weighted by Crippen LogP contribution is 2.24. The van der Waals surface area contributed by atoms with Crippen molar-refractivity contribution in [3.8, 4) is 0 Å². The zero-order valence-electron chi connectivity index (χ0n) is 12.0. The lowest BCUT2D eigenvalue weighted by molar-refractivity contribution is 0.178. The van der Waals surface area contributed by atoms with Gasteiger partial charge in [-0.2, -0.15) is 0 Å². The van der Waals surface area contributed by atoms with E-state index in [2.05, 4.69) is 9.88 Å². The lowest BCUT2D eigenvalue weighted by Gasteiger charge is -2.31. The van der Waals surface area contributed by atoms with Gasteiger partial charge in [-0.15, -0.1) is 11.3 Å². The molecule has 1 aromatic heterocycles. The van der Waals surface area contributed by atoms with Crippen molar-refractivity contribution in [2.24, 2.45) is 5.92 Å². The summed E-state index contributed by atoms with van der Waals surface area (Å²) in [7, 11) is 0. The zero-order chi connectivity index (χ0) is 14.7. The van der Waals surface area contributed by atoms with E-state index in [1.54, 1.807) is 23.5 Å². The van der Waals surface area contributed by atoms with Gasteiger partial charge in [0.15, 0.2) is 5.13 Å². The number of piperidine rings is 1. The van der Waals surface area contributed by atoms with Gasteiger partial charge in [0.05, 0.1) is 0 Å². The molecular formula is C16H20FN3S. The third-order valence-corrected chi connectivity index (χ3v) is 4.91. The van der Waals surface area contributed by atoms with E-state index in [9.17, 15) is 4.39 Å². The maximum Gasteiger partial charge on any atom is 0.180 e. The second-order valence-electron chi connectivity index (χ2n) is 5.71. The second-order valence-corrected chi connectivity index (χ2v) is 6.86. The van der Waals surface area contributed by atoms with Crippen LogP contribution in [0.15, 0.2) is 30.5 Å². The fourth-order valence-corrected chi connectivity index (χ4v) is 3.65. The number of nitrogen functional groups attached to an aromatic ring is 1. The first-order chi connectivity index (χ1) is 10.2. The Labute approximate surface area is 128 Å². The number of aromatic nitrogens is 1. The quantitative estimate of drug-likeness (QED) is 0.942. The molecule has 0 radical (unpaired) electrons. The molecule has 21 heavy (non-hydrogen) atoms. The highest BCUT2D eigenvalue weighted by Gasteiger charge is 2.20. The van der Waals surface area contributed by atoms with Crippen LogP contribution in [-0.2, 0) is 13.0 Å². The Morgan fingerprint density at radius 1 is 1.24 bits per heavy atom. The molecule has 0 unspecified atom stereocenters. The summed E-state index contributed by atoms with van der Waals surface area (Å²) in [6, 6.07) is 6.92. The average molecular weight is 305 g/mol. The maximum atomic E-state index is 12.9. The molecule has 2 heterocycles. The molecule has 3 rings (SSSR count). The van der Waals surface area contributed by atoms with E-state index in [4.69, 9.17) is 5.73 Å². The van der Waals surface area contributed by atoms with Crippen LogP contribution in [0.25, 0.3) is 0 Å². The summed E-state index contributed by atoms with van der Waals surface area (Å²) in [5.41, 5.74) is 6.91. The summed E-state index contributed by atoms with van der Waals surface area (Å²) < 4.78 is 12.9. The Morgan fingerprint density at radius 3 is 2.57 bits per heavy atom. The van der Waals surface area contributed by atoms with E-state index in [1.165, 1.54) is 23.3 Å². The number of likely N-dealkylation sites (tertiary alicyclic amines) is 1. The predicted octanol–water partition coefficient (Wildman–Crippen LogP) is 3.32. The molecule has 0 saturated carbocycles. The Kier molecular flexibility index (Phi) is 4.51. The van der Waals surface area contributed by atoms with Gasteiger partial charge < -0.3 is 5.73 Å². The van der Waals surface area contributed by atoms with Crippen LogP contribution in [0, 0.1) is 11.7 Å². The van der Waals surface area contributed by atoms with E-state index >= 15 is 0 Å². The van der Waals surface area contributed by atoms with Crippen molar-refractivity contribution in [3.63, 3.8) is 0 Å². The van der Waals surface area contributed by atoms with Gasteiger partial charge in [-0.25, -0.2) is 9.37 Å². The van der Waals surface area contributed by atoms with E-state index in [0.717, 1.165) is 26.1 Å². The minimum Gasteiger partial charge on any atom is -0.375 e. The van der Waals surface area contributed by atoms with Crippen LogP contribution < -0.4 is 5.73 Å². The predicted molar refractivity (Wildman–Crippen MR) is 84.6 cm³/mol. The Hall–Kier alpha value is -1.46. The lowest BCUT2D eigenvalue weighted by atomic mass is 9.90. The number of hydrogen-bond acceptors (Lipinski definition) is 4. The van der Waals surface area contributed by atoms with Crippen LogP contribution in [0.1, 0.15) is 23.3 Å². The van der Waals surface area contributed by atoms with Gasteiger partial charge in [0.2, 0.25) is 0 Å². The summed E-state index contributed by atoms with van der Waals surface area (Å²) in [6.45, 7) is 3.19. The topological polar surface area (TPSA) is 42.1 Å². The number of anilines is 1. The SMILES string of the molecule is Nc1ncc(CN2CCC(Cc3ccc(F)cc3)CC2)s1. The average Bonchev–Trinajstić information content (AvgIpc) is 2.89. The molecule has 1 aliphatic heterocycles. The summed E-state index contributed by atoms with van der Waals surface area (Å²) in [4.78, 5) is 7.81. The first-order valence-corrected chi connectivity index (χ1v) is 8.17. The molecule has 0 atom stereocenters. The van der Waals surface area contributed by atoms with E-state index in [-0.39, 0.29) is 5.82 Å². The van der Waals surface area contributed by atoms with E-state index < -0.39 is 0 Å². The smallest absolute Gasteiger partial charge is 0.180 e. The van der Waals surface area contributed by atoms with Gasteiger partial charge in [0.1, 0.15) is 5.82 Å². The third-order valence-electron chi connectivity index (χ3n) is 4.10. The van der Waals surface area contributed by atoms with Crippen molar-refractivity contribution in [1.29, 1.82) is 0 Å². The summed E-state index contributed by atoms with van der Waals surface area (Å²) in [6.07, 6.45) is 5.34. The number of thiazole rings is 1. The van der Waals surface area contributed by atoms with E-state index in [1.807, 2.05) is 18.3 Å². The lowest BCUT2D eigenvalue weighted by Crippen LogP contribution is -2.33. The number of halogens is 1. The molecule has 112 valence electrons. The van der Waals surface area contributed by atoms with Crippen LogP contribution in [0.5, 0.6) is 0 Å². The minimum absolute atomic E-state index is 0.155. The molecule has 0 spiro atoms. The molecule has 0 bridgehead atoms. The van der Waals surface area contributed by atoms with Crippen LogP contribution in [0.4, 0.5) is 9.52 Å². The number of rotatable bonds is 4. The highest BCUT2D eigenvalue weighted by atomic mass is 32.1. The molecule has 1 saturated heterocycles. The molecule has 1 aromatic carbocycles. The van der Waals surface area contributed by atoms with Gasteiger partial charge >= 0.3 is 0 Å². The van der Waals surface area contributed by atoms with Crippen LogP contribution >= 0.6 is 11.3 Å². The molecule has 2 aromatic rings. The Morgan fingerprint density at radius 2 is 1.95 bits per heavy atom. The zero-order valence-corrected chi connectivity index (χ0v) is 12.8. The maximum absolute atomic E-state index is 12.9. The summed E-state index contributed by atoms with van der Waals surface area (Å²) in [5, 5.41) is 0.649. The van der Waals surface area contributed by atoms with E-state index in [0.29, 0.717) is 11.0 Å². The number of hydrogen-bond donors (Lipinski definition) is 1. The molecular weight excluding hydrogens is 285 g/mol. The second kappa shape index (κ2) is 6.54. The molecule has 1 fully saturated rings. The van der Waals surface area contributed by atoms with Gasteiger partial charge in [0.25, 0.3) is 0 Å². The van der Waals surface area contributed by atoms with Crippen molar-refractivity contribution >= 4 is 16.5 Å². The highest BCUT2D eigenvalue weighted by molar-refractivity contribution is 7.15. The minimum atomic E-state index is -0.155. The third kappa shape index (κ3) is 4.02. The fourth-order valence-electron chi connectivity index (χ4n) is 2.92. The standard InChI is InChI=1S/C16H20FN3S/c17-14-3-1-12(2-4-14)9-13-5-7-20(8-6-13)11-15-10-19-16(18)21-15/h1-4,10,13H,5-9,11H2,(H2,18,19). The Bertz CT molecular complexity index is 573.